The minimum Gasteiger partial charge on any atom is -0.482 e. The molecule has 2 aromatic carbocycles. The fraction of sp³-hybridized carbons (Fsp3) is 0.190. The number of aryl methyl sites for hydroxylation is 2. The second kappa shape index (κ2) is 9.23. The van der Waals surface area contributed by atoms with Gasteiger partial charge in [0.2, 0.25) is 0 Å². The van der Waals surface area contributed by atoms with Crippen molar-refractivity contribution in [2.45, 2.75) is 19.0 Å². The summed E-state index contributed by atoms with van der Waals surface area (Å²) in [7, 11) is 0. The zero-order valence-corrected chi connectivity index (χ0v) is 16.7. The van der Waals surface area contributed by atoms with Crippen molar-refractivity contribution in [3.63, 3.8) is 0 Å². The van der Waals surface area contributed by atoms with Crippen LogP contribution in [0.5, 0.6) is 11.5 Å². The van der Waals surface area contributed by atoms with E-state index in [1.54, 1.807) is 18.2 Å². The van der Waals surface area contributed by atoms with Crippen LogP contribution in [-0.4, -0.2) is 28.8 Å². The molecule has 1 aromatic heterocycles. The van der Waals surface area contributed by atoms with Crippen molar-refractivity contribution in [2.75, 3.05) is 18.2 Å². The van der Waals surface area contributed by atoms with Crippen molar-refractivity contribution in [1.29, 1.82) is 0 Å². The van der Waals surface area contributed by atoms with E-state index in [4.69, 9.17) is 9.47 Å². The summed E-state index contributed by atoms with van der Waals surface area (Å²) < 4.78 is 10.8. The third-order valence-corrected chi connectivity index (χ3v) is 4.28. The first-order chi connectivity index (χ1) is 13.5. The van der Waals surface area contributed by atoms with Crippen molar-refractivity contribution in [3.8, 4) is 11.5 Å². The predicted octanol–water partition coefficient (Wildman–Crippen LogP) is 4.54. The SMILES string of the molecule is CSc1nc(C)cc(Nc2cccc(OC(=O)COc3ccc(C)cc3)c2)n1. The zero-order valence-electron chi connectivity index (χ0n) is 15.9. The maximum atomic E-state index is 12.1. The molecule has 0 fully saturated rings. The number of rotatable bonds is 7. The van der Waals surface area contributed by atoms with E-state index in [9.17, 15) is 4.79 Å². The molecule has 0 unspecified atom stereocenters. The molecule has 0 aliphatic heterocycles. The van der Waals surface area contributed by atoms with Crippen LogP contribution in [0.25, 0.3) is 0 Å². The molecular weight excluding hydrogens is 374 g/mol. The average molecular weight is 395 g/mol. The van der Waals surface area contributed by atoms with Crippen LogP contribution in [0, 0.1) is 13.8 Å². The summed E-state index contributed by atoms with van der Waals surface area (Å²) in [5.41, 5.74) is 2.76. The molecular formula is C21H21N3O3S. The maximum absolute atomic E-state index is 12.1. The average Bonchev–Trinajstić information content (AvgIpc) is 2.67. The summed E-state index contributed by atoms with van der Waals surface area (Å²) in [6.45, 7) is 3.74. The van der Waals surface area contributed by atoms with E-state index in [0.717, 1.165) is 16.9 Å². The van der Waals surface area contributed by atoms with E-state index in [-0.39, 0.29) is 6.61 Å². The van der Waals surface area contributed by atoms with Crippen molar-refractivity contribution in [3.05, 3.63) is 65.9 Å². The number of aromatic nitrogens is 2. The third-order valence-electron chi connectivity index (χ3n) is 3.73. The highest BCUT2D eigenvalue weighted by Gasteiger charge is 2.08. The summed E-state index contributed by atoms with van der Waals surface area (Å²) in [6, 6.07) is 16.5. The summed E-state index contributed by atoms with van der Waals surface area (Å²) in [5, 5.41) is 3.90. The Morgan fingerprint density at radius 2 is 1.82 bits per heavy atom. The lowest BCUT2D eigenvalue weighted by molar-refractivity contribution is -0.136. The second-order valence-corrected chi connectivity index (χ2v) is 6.88. The molecule has 3 rings (SSSR count). The van der Waals surface area contributed by atoms with Crippen molar-refractivity contribution < 1.29 is 14.3 Å². The van der Waals surface area contributed by atoms with Crippen LogP contribution in [0.15, 0.2) is 59.8 Å². The molecule has 3 aromatic rings. The Kier molecular flexibility index (Phi) is 6.49. The molecule has 7 heteroatoms. The van der Waals surface area contributed by atoms with E-state index in [1.807, 2.05) is 56.5 Å². The van der Waals surface area contributed by atoms with Crippen molar-refractivity contribution >= 4 is 29.2 Å². The number of esters is 1. The fourth-order valence-electron chi connectivity index (χ4n) is 2.42. The van der Waals surface area contributed by atoms with Crippen molar-refractivity contribution in [2.24, 2.45) is 0 Å². The highest BCUT2D eigenvalue weighted by molar-refractivity contribution is 7.98. The van der Waals surface area contributed by atoms with Crippen LogP contribution >= 0.6 is 11.8 Å². The molecule has 0 spiro atoms. The summed E-state index contributed by atoms with van der Waals surface area (Å²) in [6.07, 6.45) is 1.93. The number of nitrogens with zero attached hydrogens (tertiary/aromatic N) is 2. The molecule has 0 saturated heterocycles. The van der Waals surface area contributed by atoms with Crippen LogP contribution < -0.4 is 14.8 Å². The molecule has 0 saturated carbocycles. The Morgan fingerprint density at radius 1 is 1.04 bits per heavy atom. The topological polar surface area (TPSA) is 73.3 Å². The number of thioether (sulfide) groups is 1. The van der Waals surface area contributed by atoms with Gasteiger partial charge in [-0.2, -0.15) is 0 Å². The monoisotopic (exact) mass is 395 g/mol. The lowest BCUT2D eigenvalue weighted by Crippen LogP contribution is -2.17. The molecule has 0 atom stereocenters. The van der Waals surface area contributed by atoms with Crippen LogP contribution in [0.2, 0.25) is 0 Å². The van der Waals surface area contributed by atoms with Crippen LogP contribution in [-0.2, 0) is 4.79 Å². The van der Waals surface area contributed by atoms with Gasteiger partial charge in [0, 0.05) is 23.5 Å². The molecule has 6 nitrogen and oxygen atoms in total. The van der Waals surface area contributed by atoms with Gasteiger partial charge in [-0.25, -0.2) is 14.8 Å². The van der Waals surface area contributed by atoms with Crippen LogP contribution in [0.4, 0.5) is 11.5 Å². The van der Waals surface area contributed by atoms with Gasteiger partial charge in [-0.15, -0.1) is 0 Å². The third kappa shape index (κ3) is 5.72. The number of hydrogen-bond donors (Lipinski definition) is 1. The number of nitrogens with one attached hydrogen (secondary N) is 1. The summed E-state index contributed by atoms with van der Waals surface area (Å²) >= 11 is 1.48. The molecule has 0 amide bonds. The molecule has 0 aliphatic carbocycles. The standard InChI is InChI=1S/C21H21N3O3S/c1-14-7-9-17(10-8-14)26-13-20(25)27-18-6-4-5-16(12-18)23-19-11-15(2)22-21(24-19)28-3/h4-12H,13H2,1-3H3,(H,22,23,24). The first-order valence-corrected chi connectivity index (χ1v) is 9.91. The first kappa shape index (κ1) is 19.7. The van der Waals surface area contributed by atoms with Gasteiger partial charge in [0.15, 0.2) is 11.8 Å². The van der Waals surface area contributed by atoms with Gasteiger partial charge >= 0.3 is 5.97 Å². The molecule has 28 heavy (non-hydrogen) atoms. The smallest absolute Gasteiger partial charge is 0.349 e. The van der Waals surface area contributed by atoms with Gasteiger partial charge in [0.05, 0.1) is 0 Å². The van der Waals surface area contributed by atoms with Crippen LogP contribution in [0.1, 0.15) is 11.3 Å². The van der Waals surface area contributed by atoms with Gasteiger partial charge in [-0.3, -0.25) is 0 Å². The number of benzene rings is 2. The van der Waals surface area contributed by atoms with E-state index in [0.29, 0.717) is 22.5 Å². The number of hydrogen-bond acceptors (Lipinski definition) is 7. The quantitative estimate of drug-likeness (QED) is 0.272. The second-order valence-electron chi connectivity index (χ2n) is 6.11. The Labute approximate surface area is 168 Å². The summed E-state index contributed by atoms with van der Waals surface area (Å²) in [4.78, 5) is 20.8. The normalized spacial score (nSPS) is 10.4. The largest absolute Gasteiger partial charge is 0.482 e. The van der Waals surface area contributed by atoms with Gasteiger partial charge < -0.3 is 14.8 Å². The Bertz CT molecular complexity index is 961. The van der Waals surface area contributed by atoms with E-state index < -0.39 is 5.97 Å². The number of carbonyl (C=O) groups is 1. The predicted molar refractivity (Wildman–Crippen MR) is 111 cm³/mol. The molecule has 0 aliphatic rings. The van der Waals surface area contributed by atoms with E-state index in [1.165, 1.54) is 11.8 Å². The van der Waals surface area contributed by atoms with Crippen molar-refractivity contribution in [1.82, 2.24) is 9.97 Å². The zero-order chi connectivity index (χ0) is 19.9. The lowest BCUT2D eigenvalue weighted by Gasteiger charge is -2.10. The maximum Gasteiger partial charge on any atom is 0.349 e. The lowest BCUT2D eigenvalue weighted by atomic mass is 10.2. The molecule has 0 bridgehead atoms. The van der Waals surface area contributed by atoms with Gasteiger partial charge in [0.25, 0.3) is 0 Å². The fourth-order valence-corrected chi connectivity index (χ4v) is 2.84. The van der Waals surface area contributed by atoms with Crippen LogP contribution in [0.3, 0.4) is 0 Å². The molecule has 0 radical (unpaired) electrons. The minimum absolute atomic E-state index is 0.164. The Hall–Kier alpha value is -3.06. The Morgan fingerprint density at radius 3 is 2.57 bits per heavy atom. The number of anilines is 2. The molecule has 144 valence electrons. The Balaban J connectivity index is 1.60. The molecule has 1 heterocycles. The van der Waals surface area contributed by atoms with Gasteiger partial charge in [-0.05, 0) is 44.4 Å². The van der Waals surface area contributed by atoms with E-state index >= 15 is 0 Å². The highest BCUT2D eigenvalue weighted by Crippen LogP contribution is 2.22. The van der Waals surface area contributed by atoms with Gasteiger partial charge in [0.1, 0.15) is 17.3 Å². The minimum atomic E-state index is -0.472. The molecule has 1 N–H and O–H groups in total. The number of ether oxygens (including phenoxy) is 2. The van der Waals surface area contributed by atoms with Gasteiger partial charge in [-0.1, -0.05) is 35.5 Å². The number of carbonyl (C=O) groups excluding carboxylic acids is 1. The highest BCUT2D eigenvalue weighted by atomic mass is 32.2. The first-order valence-electron chi connectivity index (χ1n) is 8.69. The summed E-state index contributed by atoms with van der Waals surface area (Å²) in [5.74, 6) is 1.27. The van der Waals surface area contributed by atoms with E-state index in [2.05, 4.69) is 15.3 Å².